The third-order valence-corrected chi connectivity index (χ3v) is 7.40. The quantitative estimate of drug-likeness (QED) is 0.207. The molecule has 0 atom stereocenters. The number of benzene rings is 5. The van der Waals surface area contributed by atoms with Crippen LogP contribution in [0.4, 0.5) is 0 Å². The summed E-state index contributed by atoms with van der Waals surface area (Å²) in [6.45, 7) is 0. The van der Waals surface area contributed by atoms with Crippen LogP contribution < -0.4 is 4.74 Å². The van der Waals surface area contributed by atoms with Crippen molar-refractivity contribution in [3.05, 3.63) is 144 Å². The van der Waals surface area contributed by atoms with Gasteiger partial charge in [0.15, 0.2) is 0 Å². The van der Waals surface area contributed by atoms with Gasteiger partial charge in [0.25, 0.3) is 0 Å². The van der Waals surface area contributed by atoms with E-state index in [4.69, 9.17) is 9.72 Å². The van der Waals surface area contributed by atoms with Crippen LogP contribution in [0.5, 0.6) is 11.5 Å². The molecule has 0 spiro atoms. The van der Waals surface area contributed by atoms with E-state index in [-0.39, 0.29) is 0 Å². The third-order valence-electron chi connectivity index (χ3n) is 6.94. The molecule has 0 bridgehead atoms. The van der Waals surface area contributed by atoms with Crippen molar-refractivity contribution in [2.45, 2.75) is 0 Å². The lowest BCUT2D eigenvalue weighted by Crippen LogP contribution is -1.97. The van der Waals surface area contributed by atoms with Gasteiger partial charge in [-0.2, -0.15) is 0 Å². The van der Waals surface area contributed by atoms with Crippen LogP contribution in [0.3, 0.4) is 0 Å². The van der Waals surface area contributed by atoms with Crippen molar-refractivity contribution in [1.82, 2.24) is 9.55 Å². The van der Waals surface area contributed by atoms with E-state index >= 15 is 0 Å². The molecule has 186 valence electrons. The van der Waals surface area contributed by atoms with Crippen molar-refractivity contribution < 1.29 is 4.74 Å². The molecule has 0 N–H and O–H groups in total. The first-order valence-corrected chi connectivity index (χ1v) is 13.6. The summed E-state index contributed by atoms with van der Waals surface area (Å²) in [5.74, 6) is 2.41. The van der Waals surface area contributed by atoms with Crippen molar-refractivity contribution >= 4 is 37.7 Å². The van der Waals surface area contributed by atoms with Crippen molar-refractivity contribution in [3.8, 4) is 39.6 Å². The fraction of sp³-hybridized carbons (Fsp3) is 0. The van der Waals surface area contributed by atoms with Crippen LogP contribution in [0, 0.1) is 0 Å². The van der Waals surface area contributed by atoms with E-state index in [2.05, 4.69) is 118 Å². The van der Waals surface area contributed by atoms with E-state index in [1.807, 2.05) is 42.6 Å². The largest absolute Gasteiger partial charge is 0.457 e. The van der Waals surface area contributed by atoms with Crippen LogP contribution in [-0.4, -0.2) is 9.55 Å². The van der Waals surface area contributed by atoms with E-state index in [9.17, 15) is 0 Å². The molecular formula is C35H23BrN2O. The Hall–Kier alpha value is -4.67. The Kier molecular flexibility index (Phi) is 5.95. The van der Waals surface area contributed by atoms with Gasteiger partial charge >= 0.3 is 0 Å². The number of hydrogen-bond acceptors (Lipinski definition) is 2. The molecule has 0 aliphatic heterocycles. The maximum Gasteiger partial charge on any atom is 0.138 e. The second-order valence-electron chi connectivity index (χ2n) is 9.44. The van der Waals surface area contributed by atoms with Gasteiger partial charge < -0.3 is 4.74 Å². The van der Waals surface area contributed by atoms with E-state index in [0.717, 1.165) is 60.5 Å². The molecule has 2 heterocycles. The van der Waals surface area contributed by atoms with Gasteiger partial charge in [0, 0.05) is 27.5 Å². The molecule has 5 aromatic carbocycles. The molecular weight excluding hydrogens is 544 g/mol. The minimum absolute atomic E-state index is 0.767. The number of hydrogen-bond donors (Lipinski definition) is 0. The maximum atomic E-state index is 6.45. The van der Waals surface area contributed by atoms with Crippen LogP contribution in [0.1, 0.15) is 0 Å². The molecule has 0 radical (unpaired) electrons. The highest BCUT2D eigenvalue weighted by molar-refractivity contribution is 9.10. The Balaban J connectivity index is 1.35. The Labute approximate surface area is 235 Å². The highest BCUT2D eigenvalue weighted by Gasteiger charge is 2.15. The summed E-state index contributed by atoms with van der Waals surface area (Å²) in [6, 6.07) is 45.9. The predicted molar refractivity (Wildman–Crippen MR) is 164 cm³/mol. The van der Waals surface area contributed by atoms with Crippen molar-refractivity contribution in [3.63, 3.8) is 0 Å². The number of halogens is 1. The van der Waals surface area contributed by atoms with Gasteiger partial charge in [-0.05, 0) is 70.8 Å². The smallest absolute Gasteiger partial charge is 0.138 e. The summed E-state index contributed by atoms with van der Waals surface area (Å²) in [7, 11) is 0. The zero-order valence-electron chi connectivity index (χ0n) is 21.0. The van der Waals surface area contributed by atoms with E-state index in [1.165, 1.54) is 5.39 Å². The van der Waals surface area contributed by atoms with Gasteiger partial charge in [0.2, 0.25) is 0 Å². The summed E-state index contributed by atoms with van der Waals surface area (Å²) >= 11 is 3.66. The highest BCUT2D eigenvalue weighted by atomic mass is 79.9. The van der Waals surface area contributed by atoms with Crippen LogP contribution in [0.2, 0.25) is 0 Å². The summed E-state index contributed by atoms with van der Waals surface area (Å²) in [6.07, 6.45) is 1.88. The van der Waals surface area contributed by atoms with Gasteiger partial charge in [-0.15, -0.1) is 0 Å². The Bertz CT molecular complexity index is 1950. The first-order valence-electron chi connectivity index (χ1n) is 12.8. The molecule has 0 unspecified atom stereocenters. The first kappa shape index (κ1) is 23.4. The molecule has 0 saturated carbocycles. The van der Waals surface area contributed by atoms with E-state index in [1.54, 1.807) is 0 Å². The van der Waals surface area contributed by atoms with Crippen LogP contribution in [0.15, 0.2) is 144 Å². The summed E-state index contributed by atoms with van der Waals surface area (Å²) in [4.78, 5) is 4.79. The molecule has 39 heavy (non-hydrogen) atoms. The number of fused-ring (bicyclic) bond motifs is 3. The molecule has 0 aliphatic carbocycles. The minimum Gasteiger partial charge on any atom is -0.457 e. The Morgan fingerprint density at radius 2 is 1.21 bits per heavy atom. The van der Waals surface area contributed by atoms with Crippen molar-refractivity contribution in [2.75, 3.05) is 0 Å². The topological polar surface area (TPSA) is 27.1 Å². The van der Waals surface area contributed by atoms with Gasteiger partial charge in [-0.1, -0.05) is 94.8 Å². The molecule has 0 aliphatic rings. The number of aromatic nitrogens is 2. The summed E-state index contributed by atoms with van der Waals surface area (Å²) in [5.41, 5.74) is 6.68. The van der Waals surface area contributed by atoms with Crippen LogP contribution >= 0.6 is 15.9 Å². The van der Waals surface area contributed by atoms with Gasteiger partial charge in [-0.25, -0.2) is 4.98 Å². The van der Waals surface area contributed by atoms with Crippen molar-refractivity contribution in [2.24, 2.45) is 0 Å². The maximum absolute atomic E-state index is 6.45. The first-order chi connectivity index (χ1) is 19.2. The number of para-hydroxylation sites is 1. The Morgan fingerprint density at radius 1 is 0.513 bits per heavy atom. The number of ether oxygens (including phenoxy) is 1. The number of rotatable bonds is 5. The van der Waals surface area contributed by atoms with E-state index in [0.29, 0.717) is 0 Å². The number of pyridine rings is 1. The average molecular weight is 567 g/mol. The Morgan fingerprint density at radius 3 is 2.00 bits per heavy atom. The zero-order valence-corrected chi connectivity index (χ0v) is 22.5. The SMILES string of the molecule is Brc1cc(Oc2ccc3c4ccccc4n(-c4cc(-c5ccccc5)ccn4)c3c2)cc(-c2ccccc2)c1. The van der Waals surface area contributed by atoms with E-state index < -0.39 is 0 Å². The van der Waals surface area contributed by atoms with Crippen molar-refractivity contribution in [1.29, 1.82) is 0 Å². The lowest BCUT2D eigenvalue weighted by Gasteiger charge is -2.11. The molecule has 3 nitrogen and oxygen atoms in total. The molecule has 4 heteroatoms. The monoisotopic (exact) mass is 566 g/mol. The van der Waals surface area contributed by atoms with Crippen LogP contribution in [0.25, 0.3) is 49.9 Å². The number of nitrogens with zero attached hydrogens (tertiary/aromatic N) is 2. The highest BCUT2D eigenvalue weighted by Crippen LogP contribution is 2.37. The molecule has 7 rings (SSSR count). The fourth-order valence-electron chi connectivity index (χ4n) is 5.17. The predicted octanol–water partition coefficient (Wildman–Crippen LogP) is 10.1. The fourth-order valence-corrected chi connectivity index (χ4v) is 5.64. The average Bonchev–Trinajstić information content (AvgIpc) is 3.31. The summed E-state index contributed by atoms with van der Waals surface area (Å²) < 4.78 is 9.64. The van der Waals surface area contributed by atoms with Gasteiger partial charge in [-0.3, -0.25) is 4.57 Å². The molecule has 7 aromatic rings. The standard InChI is InChI=1S/C35H23BrN2O/c36-28-19-27(25-11-5-2-6-12-25)20-30(22-28)39-29-15-16-32-31-13-7-8-14-33(31)38(34(32)23-29)35-21-26(17-18-37-35)24-9-3-1-4-10-24/h1-23H. The molecule has 0 fully saturated rings. The van der Waals surface area contributed by atoms with Gasteiger partial charge in [0.1, 0.15) is 17.3 Å². The minimum atomic E-state index is 0.767. The van der Waals surface area contributed by atoms with Gasteiger partial charge in [0.05, 0.1) is 11.0 Å². The lowest BCUT2D eigenvalue weighted by atomic mass is 10.1. The third kappa shape index (κ3) is 4.49. The second kappa shape index (κ2) is 9.90. The molecule has 0 saturated heterocycles. The molecule has 0 amide bonds. The second-order valence-corrected chi connectivity index (χ2v) is 10.4. The molecule has 2 aromatic heterocycles. The normalized spacial score (nSPS) is 11.2. The zero-order chi connectivity index (χ0) is 26.2. The lowest BCUT2D eigenvalue weighted by molar-refractivity contribution is 0.483. The summed E-state index contributed by atoms with van der Waals surface area (Å²) in [5, 5.41) is 2.34. The van der Waals surface area contributed by atoms with Crippen LogP contribution in [-0.2, 0) is 0 Å².